The number of aliphatic hydroxyl groups is 1. The second-order valence-corrected chi connectivity index (χ2v) is 6.11. The van der Waals surface area contributed by atoms with Crippen LogP contribution in [0.4, 0.5) is 0 Å². The summed E-state index contributed by atoms with van der Waals surface area (Å²) in [6, 6.07) is 6.83. The molecule has 1 heterocycles. The average Bonchev–Trinajstić information content (AvgIpc) is 2.96. The van der Waals surface area contributed by atoms with Crippen molar-refractivity contribution >= 4 is 17.8 Å². The van der Waals surface area contributed by atoms with E-state index in [0.29, 0.717) is 11.3 Å². The van der Waals surface area contributed by atoms with Gasteiger partial charge >= 0.3 is 11.9 Å². The molecule has 0 aromatic heterocycles. The van der Waals surface area contributed by atoms with Crippen molar-refractivity contribution in [2.24, 2.45) is 0 Å². The lowest BCUT2D eigenvalue weighted by Crippen LogP contribution is -2.63. The largest absolute Gasteiger partial charge is 0.496 e. The van der Waals surface area contributed by atoms with Crippen molar-refractivity contribution in [2.75, 3.05) is 20.3 Å². The van der Waals surface area contributed by atoms with Gasteiger partial charge in [0, 0.05) is 24.8 Å². The minimum Gasteiger partial charge on any atom is -0.496 e. The number of methoxy groups -OCH3 is 1. The predicted octanol–water partition coefficient (Wildman–Crippen LogP) is 1.21. The molecule has 1 aliphatic rings. The van der Waals surface area contributed by atoms with Gasteiger partial charge in [-0.05, 0) is 19.9 Å². The molecule has 8 nitrogen and oxygen atoms in total. The van der Waals surface area contributed by atoms with Crippen LogP contribution in [0.2, 0.25) is 0 Å². The Balaban J connectivity index is 2.77. The molecule has 1 aliphatic heterocycles. The fraction of sp³-hybridized carbons (Fsp3) is 0.526. The van der Waals surface area contributed by atoms with E-state index < -0.39 is 35.5 Å². The lowest BCUT2D eigenvalue weighted by Gasteiger charge is -2.38. The number of ether oxygens (including phenoxy) is 3. The molecule has 1 aromatic carbocycles. The molecule has 8 heteroatoms. The number of hydrogen-bond acceptors (Lipinski definition) is 7. The number of nitrogens with zero attached hydrogens (tertiary/aromatic N) is 1. The number of carbonyl (C=O) groups is 3. The highest BCUT2D eigenvalue weighted by molar-refractivity contribution is 6.09. The molecular weight excluding hydrogens is 354 g/mol. The Bertz CT molecular complexity index is 700. The second kappa shape index (κ2) is 8.39. The summed E-state index contributed by atoms with van der Waals surface area (Å²) in [6.07, 6.45) is -1.40. The summed E-state index contributed by atoms with van der Waals surface area (Å²) in [6.45, 7) is 4.37. The van der Waals surface area contributed by atoms with Crippen molar-refractivity contribution in [1.29, 1.82) is 0 Å². The summed E-state index contributed by atoms with van der Waals surface area (Å²) in [5.41, 5.74) is -1.63. The number of esters is 2. The Kier molecular flexibility index (Phi) is 6.43. The minimum atomic E-state index is -2.13. The van der Waals surface area contributed by atoms with E-state index in [4.69, 9.17) is 14.2 Å². The lowest BCUT2D eigenvalue weighted by atomic mass is 9.79. The Morgan fingerprint density at radius 2 is 1.70 bits per heavy atom. The van der Waals surface area contributed by atoms with Crippen molar-refractivity contribution in [1.82, 2.24) is 4.90 Å². The van der Waals surface area contributed by atoms with E-state index in [-0.39, 0.29) is 19.6 Å². The van der Waals surface area contributed by atoms with Gasteiger partial charge in [-0.25, -0.2) is 9.59 Å². The molecular formula is C19H25NO7. The maximum atomic E-state index is 13.1. The Morgan fingerprint density at radius 3 is 2.19 bits per heavy atom. The summed E-state index contributed by atoms with van der Waals surface area (Å²) in [4.78, 5) is 39.3. The molecule has 148 valence electrons. The van der Waals surface area contributed by atoms with E-state index in [2.05, 4.69) is 0 Å². The maximum absolute atomic E-state index is 13.1. The van der Waals surface area contributed by atoms with Gasteiger partial charge in [0.25, 0.3) is 0 Å². The third kappa shape index (κ3) is 3.37. The highest BCUT2D eigenvalue weighted by atomic mass is 16.6. The molecule has 1 saturated heterocycles. The molecule has 2 rings (SSSR count). The third-order valence-electron chi connectivity index (χ3n) is 4.66. The van der Waals surface area contributed by atoms with E-state index in [9.17, 15) is 19.5 Å². The van der Waals surface area contributed by atoms with Crippen LogP contribution in [0.15, 0.2) is 24.3 Å². The van der Waals surface area contributed by atoms with Crippen LogP contribution in [0, 0.1) is 0 Å². The molecule has 1 N–H and O–H groups in total. The van der Waals surface area contributed by atoms with E-state index >= 15 is 0 Å². The van der Waals surface area contributed by atoms with Crippen LogP contribution in [-0.4, -0.2) is 59.9 Å². The van der Waals surface area contributed by atoms with Crippen molar-refractivity contribution in [3.63, 3.8) is 0 Å². The Morgan fingerprint density at radius 1 is 1.15 bits per heavy atom. The first-order valence-corrected chi connectivity index (χ1v) is 8.81. The van der Waals surface area contributed by atoms with Gasteiger partial charge in [0.1, 0.15) is 12.0 Å². The van der Waals surface area contributed by atoms with Gasteiger partial charge in [0.2, 0.25) is 11.4 Å². The molecule has 2 unspecified atom stereocenters. The first kappa shape index (κ1) is 20.7. The summed E-state index contributed by atoms with van der Waals surface area (Å²) in [7, 11) is 1.46. The number of hydrogen-bond donors (Lipinski definition) is 1. The van der Waals surface area contributed by atoms with Crippen LogP contribution >= 0.6 is 0 Å². The third-order valence-corrected chi connectivity index (χ3v) is 4.66. The number of rotatable bonds is 6. The first-order chi connectivity index (χ1) is 12.9. The molecule has 1 amide bonds. The molecule has 0 saturated carbocycles. The van der Waals surface area contributed by atoms with Crippen LogP contribution in [0.25, 0.3) is 0 Å². The van der Waals surface area contributed by atoms with Crippen LogP contribution in [0.1, 0.15) is 38.7 Å². The molecule has 0 spiro atoms. The van der Waals surface area contributed by atoms with E-state index in [0.717, 1.165) is 4.90 Å². The molecule has 1 fully saturated rings. The first-order valence-electron chi connectivity index (χ1n) is 8.81. The zero-order chi connectivity index (χ0) is 20.2. The van der Waals surface area contributed by atoms with Gasteiger partial charge in [0.05, 0.1) is 20.3 Å². The summed E-state index contributed by atoms with van der Waals surface area (Å²) in [5.74, 6) is -2.98. The van der Waals surface area contributed by atoms with Crippen LogP contribution < -0.4 is 4.74 Å². The van der Waals surface area contributed by atoms with E-state index in [1.807, 2.05) is 0 Å². The average molecular weight is 379 g/mol. The fourth-order valence-electron chi connectivity index (χ4n) is 3.70. The fourth-order valence-corrected chi connectivity index (χ4v) is 3.70. The number of benzene rings is 1. The molecule has 0 aliphatic carbocycles. The van der Waals surface area contributed by atoms with Crippen LogP contribution in [0.5, 0.6) is 5.75 Å². The van der Waals surface area contributed by atoms with Crippen molar-refractivity contribution in [3.05, 3.63) is 29.8 Å². The number of carbonyl (C=O) groups excluding carboxylic acids is 3. The second-order valence-electron chi connectivity index (χ2n) is 6.11. The van der Waals surface area contributed by atoms with E-state index in [1.165, 1.54) is 14.0 Å². The molecule has 27 heavy (non-hydrogen) atoms. The molecule has 0 bridgehead atoms. The van der Waals surface area contributed by atoms with Gasteiger partial charge < -0.3 is 19.3 Å². The maximum Gasteiger partial charge on any atom is 0.344 e. The van der Waals surface area contributed by atoms with Crippen molar-refractivity contribution in [2.45, 2.75) is 44.9 Å². The van der Waals surface area contributed by atoms with Gasteiger partial charge in [-0.1, -0.05) is 18.2 Å². The molecule has 0 radical (unpaired) electrons. The monoisotopic (exact) mass is 379 g/mol. The standard InChI is InChI=1S/C19H25NO7/c1-5-26-17(23)19(18(24)27-6-2)14(11-16(22)20(19)12(3)21)13-9-7-8-10-15(13)25-4/h7-10,14,16,22H,5-6,11H2,1-4H3. The van der Waals surface area contributed by atoms with Gasteiger partial charge in [-0.3, -0.25) is 9.69 Å². The predicted molar refractivity (Wildman–Crippen MR) is 94.9 cm³/mol. The highest BCUT2D eigenvalue weighted by Gasteiger charge is 2.67. The highest BCUT2D eigenvalue weighted by Crippen LogP contribution is 2.49. The summed E-state index contributed by atoms with van der Waals surface area (Å²) >= 11 is 0. The zero-order valence-corrected chi connectivity index (χ0v) is 15.9. The summed E-state index contributed by atoms with van der Waals surface area (Å²) < 4.78 is 15.7. The van der Waals surface area contributed by atoms with Gasteiger partial charge in [-0.15, -0.1) is 0 Å². The summed E-state index contributed by atoms with van der Waals surface area (Å²) in [5, 5.41) is 10.6. The minimum absolute atomic E-state index is 0.000469. The number of likely N-dealkylation sites (tertiary alicyclic amines) is 1. The zero-order valence-electron chi connectivity index (χ0n) is 15.9. The molecule has 1 aromatic rings. The van der Waals surface area contributed by atoms with Crippen LogP contribution in [-0.2, 0) is 23.9 Å². The van der Waals surface area contributed by atoms with Crippen molar-refractivity contribution in [3.8, 4) is 5.75 Å². The van der Waals surface area contributed by atoms with Crippen molar-refractivity contribution < 1.29 is 33.7 Å². The van der Waals surface area contributed by atoms with Gasteiger partial charge in [-0.2, -0.15) is 0 Å². The van der Waals surface area contributed by atoms with Crippen LogP contribution in [0.3, 0.4) is 0 Å². The number of aliphatic hydroxyl groups excluding tert-OH is 1. The van der Waals surface area contributed by atoms with Gasteiger partial charge in [0.15, 0.2) is 0 Å². The Labute approximate surface area is 158 Å². The quantitative estimate of drug-likeness (QED) is 0.585. The topological polar surface area (TPSA) is 102 Å². The SMILES string of the molecule is CCOC(=O)C1(C(=O)OCC)C(c2ccccc2OC)CC(O)N1C(C)=O. The van der Waals surface area contributed by atoms with E-state index in [1.54, 1.807) is 38.1 Å². The normalized spacial score (nSPS) is 20.9. The number of para-hydroxylation sites is 1. The smallest absolute Gasteiger partial charge is 0.344 e. The number of amides is 1. The Hall–Kier alpha value is -2.61. The lowest BCUT2D eigenvalue weighted by molar-refractivity contribution is -0.182. The molecule has 2 atom stereocenters.